The molecular formula is C20H23N9O3. The van der Waals surface area contributed by atoms with Gasteiger partial charge in [-0.25, -0.2) is 19.3 Å². The number of amides is 1. The summed E-state index contributed by atoms with van der Waals surface area (Å²) in [4.78, 5) is 40.7. The Bertz CT molecular complexity index is 1210. The summed E-state index contributed by atoms with van der Waals surface area (Å²) >= 11 is 0. The van der Waals surface area contributed by atoms with Gasteiger partial charge in [0.2, 0.25) is 0 Å². The Morgan fingerprint density at radius 2 is 2.16 bits per heavy atom. The second kappa shape index (κ2) is 7.71. The molecule has 0 bridgehead atoms. The number of nitrogens with two attached hydrogens (primary N) is 1. The molecule has 3 aromatic heterocycles. The molecule has 0 saturated carbocycles. The van der Waals surface area contributed by atoms with Crippen LogP contribution in [0.15, 0.2) is 24.7 Å². The first-order valence-electron chi connectivity index (χ1n) is 10.4. The zero-order valence-corrected chi connectivity index (χ0v) is 17.7. The van der Waals surface area contributed by atoms with Crippen molar-refractivity contribution in [3.8, 4) is 0 Å². The van der Waals surface area contributed by atoms with Gasteiger partial charge in [0.15, 0.2) is 6.23 Å². The number of rotatable bonds is 3. The molecule has 1 unspecified atom stereocenters. The Labute approximate surface area is 183 Å². The van der Waals surface area contributed by atoms with E-state index in [0.29, 0.717) is 35.6 Å². The van der Waals surface area contributed by atoms with Gasteiger partial charge in [-0.1, -0.05) is 0 Å². The number of hydrogen-bond acceptors (Lipinski definition) is 10. The molecule has 12 nitrogen and oxygen atoms in total. The van der Waals surface area contributed by atoms with Crippen LogP contribution >= 0.6 is 0 Å². The highest BCUT2D eigenvalue weighted by molar-refractivity contribution is 6.31. The maximum atomic E-state index is 12.1. The molecule has 1 saturated heterocycles. The average molecular weight is 437 g/mol. The summed E-state index contributed by atoms with van der Waals surface area (Å²) in [5, 5.41) is 7.75. The number of esters is 1. The molecular weight excluding hydrogens is 414 g/mol. The third-order valence-electron chi connectivity index (χ3n) is 5.62. The summed E-state index contributed by atoms with van der Waals surface area (Å²) in [6.45, 7) is 6.47. The largest absolute Gasteiger partial charge is 0.434 e. The SMILES string of the molecule is Cc1nc2ncc(N3c4nccc(N5CCN[C@@H](C)C5)c4CC3OC(=O)C(N)=O)cn2n1. The molecule has 12 heteroatoms. The lowest BCUT2D eigenvalue weighted by atomic mass is 10.1. The number of nitrogens with zero attached hydrogens (tertiary/aromatic N) is 7. The molecule has 166 valence electrons. The molecule has 0 radical (unpaired) electrons. The number of carbonyl (C=O) groups is 2. The Hall–Kier alpha value is -3.80. The molecule has 3 N–H and O–H groups in total. The second-order valence-corrected chi connectivity index (χ2v) is 7.95. The molecule has 0 spiro atoms. The predicted octanol–water partition coefficient (Wildman–Crippen LogP) is -0.325. The molecule has 0 aromatic carbocycles. The highest BCUT2D eigenvalue weighted by atomic mass is 16.6. The molecule has 0 aliphatic carbocycles. The van der Waals surface area contributed by atoms with E-state index in [1.807, 2.05) is 6.07 Å². The standard InChI is InChI=1S/C20H23N9O3/c1-11-9-27(6-5-22-11)15-3-4-23-18-14(15)7-16(32-19(31)17(21)30)29(18)13-8-24-20-25-12(2)26-28(20)10-13/h3-4,8,10-11,16,22H,5-7,9H2,1-2H3,(H2,21,30)/t11-,16?/m0/s1. The lowest BCUT2D eigenvalue weighted by molar-refractivity contribution is -0.157. The number of hydrogen-bond donors (Lipinski definition) is 2. The van der Waals surface area contributed by atoms with Crippen LogP contribution in [0.1, 0.15) is 18.3 Å². The van der Waals surface area contributed by atoms with E-state index in [0.717, 1.165) is 30.9 Å². The minimum absolute atomic E-state index is 0.343. The maximum absolute atomic E-state index is 12.1. The van der Waals surface area contributed by atoms with Crippen molar-refractivity contribution in [1.29, 1.82) is 0 Å². The summed E-state index contributed by atoms with van der Waals surface area (Å²) in [6.07, 6.45) is 4.64. The normalized spacial score (nSPS) is 20.4. The fourth-order valence-corrected chi connectivity index (χ4v) is 4.29. The molecule has 1 amide bonds. The smallest absolute Gasteiger partial charge is 0.398 e. The van der Waals surface area contributed by atoms with Crippen LogP contribution in [-0.2, 0) is 20.7 Å². The Morgan fingerprint density at radius 1 is 1.31 bits per heavy atom. The lowest BCUT2D eigenvalue weighted by Crippen LogP contribution is -2.49. The first kappa shape index (κ1) is 20.1. The van der Waals surface area contributed by atoms with Gasteiger partial charge in [0, 0.05) is 49.5 Å². The topological polar surface area (TPSA) is 144 Å². The zero-order valence-electron chi connectivity index (χ0n) is 17.7. The zero-order chi connectivity index (χ0) is 22.4. The minimum Gasteiger partial charge on any atom is -0.434 e. The molecule has 2 aliphatic heterocycles. The van der Waals surface area contributed by atoms with Gasteiger partial charge in [0.25, 0.3) is 5.78 Å². The number of ether oxygens (including phenoxy) is 1. The first-order chi connectivity index (χ1) is 15.4. The first-order valence-corrected chi connectivity index (χ1v) is 10.4. The van der Waals surface area contributed by atoms with Gasteiger partial charge >= 0.3 is 11.9 Å². The monoisotopic (exact) mass is 437 g/mol. The summed E-state index contributed by atoms with van der Waals surface area (Å²) in [6, 6.07) is 2.31. The predicted molar refractivity (Wildman–Crippen MR) is 114 cm³/mol. The molecule has 2 aliphatic rings. The number of carbonyl (C=O) groups excluding carboxylic acids is 2. The fraction of sp³-hybridized carbons (Fsp3) is 0.400. The summed E-state index contributed by atoms with van der Waals surface area (Å²) in [5.74, 6) is -0.579. The fourth-order valence-electron chi connectivity index (χ4n) is 4.29. The number of fused-ring (bicyclic) bond motifs is 2. The van der Waals surface area contributed by atoms with Crippen LogP contribution in [0.5, 0.6) is 0 Å². The maximum Gasteiger partial charge on any atom is 0.398 e. The van der Waals surface area contributed by atoms with Crippen LogP contribution in [-0.4, -0.2) is 68.3 Å². The van der Waals surface area contributed by atoms with Crippen molar-refractivity contribution in [2.24, 2.45) is 5.73 Å². The van der Waals surface area contributed by atoms with E-state index < -0.39 is 18.1 Å². The third-order valence-corrected chi connectivity index (χ3v) is 5.62. The van der Waals surface area contributed by atoms with Crippen molar-refractivity contribution in [3.05, 3.63) is 36.0 Å². The van der Waals surface area contributed by atoms with E-state index in [1.165, 1.54) is 0 Å². The Balaban J connectivity index is 1.58. The van der Waals surface area contributed by atoms with Gasteiger partial charge in [0.1, 0.15) is 11.6 Å². The van der Waals surface area contributed by atoms with Crippen molar-refractivity contribution < 1.29 is 14.3 Å². The average Bonchev–Trinajstić information content (AvgIpc) is 3.31. The van der Waals surface area contributed by atoms with Crippen molar-refractivity contribution >= 4 is 34.8 Å². The van der Waals surface area contributed by atoms with E-state index in [1.54, 1.807) is 34.9 Å². The van der Waals surface area contributed by atoms with E-state index in [2.05, 4.69) is 37.2 Å². The molecule has 5 rings (SSSR count). The van der Waals surface area contributed by atoms with Crippen LogP contribution in [0.3, 0.4) is 0 Å². The number of nitrogens with one attached hydrogen (secondary N) is 1. The highest BCUT2D eigenvalue weighted by Gasteiger charge is 2.38. The molecule has 3 aromatic rings. The van der Waals surface area contributed by atoms with Gasteiger partial charge < -0.3 is 20.7 Å². The number of pyridine rings is 1. The van der Waals surface area contributed by atoms with Gasteiger partial charge in [-0.2, -0.15) is 10.1 Å². The quantitative estimate of drug-likeness (QED) is 0.413. The summed E-state index contributed by atoms with van der Waals surface area (Å²) in [7, 11) is 0. The molecule has 2 atom stereocenters. The van der Waals surface area contributed by atoms with Crippen molar-refractivity contribution in [2.45, 2.75) is 32.5 Å². The van der Waals surface area contributed by atoms with Gasteiger partial charge in [0.05, 0.1) is 18.1 Å². The van der Waals surface area contributed by atoms with Gasteiger partial charge in [-0.15, -0.1) is 0 Å². The molecule has 32 heavy (non-hydrogen) atoms. The van der Waals surface area contributed by atoms with Crippen LogP contribution < -0.4 is 20.9 Å². The Morgan fingerprint density at radius 3 is 2.94 bits per heavy atom. The van der Waals surface area contributed by atoms with E-state index in [4.69, 9.17) is 10.5 Å². The van der Waals surface area contributed by atoms with Crippen molar-refractivity contribution in [3.63, 3.8) is 0 Å². The van der Waals surface area contributed by atoms with Crippen molar-refractivity contribution in [2.75, 3.05) is 29.4 Å². The highest BCUT2D eigenvalue weighted by Crippen LogP contribution is 2.41. The number of piperazine rings is 1. The number of primary amides is 1. The van der Waals surface area contributed by atoms with Crippen LogP contribution in [0.2, 0.25) is 0 Å². The second-order valence-electron chi connectivity index (χ2n) is 7.95. The van der Waals surface area contributed by atoms with Crippen LogP contribution in [0.4, 0.5) is 17.2 Å². The summed E-state index contributed by atoms with van der Waals surface area (Å²) in [5.41, 5.74) is 7.70. The molecule has 5 heterocycles. The molecule has 1 fully saturated rings. The number of anilines is 3. The van der Waals surface area contributed by atoms with Crippen LogP contribution in [0.25, 0.3) is 5.78 Å². The van der Waals surface area contributed by atoms with E-state index in [9.17, 15) is 9.59 Å². The van der Waals surface area contributed by atoms with E-state index in [-0.39, 0.29) is 0 Å². The van der Waals surface area contributed by atoms with E-state index >= 15 is 0 Å². The Kier molecular flexibility index (Phi) is 4.85. The lowest BCUT2D eigenvalue weighted by Gasteiger charge is -2.34. The summed E-state index contributed by atoms with van der Waals surface area (Å²) < 4.78 is 7.02. The van der Waals surface area contributed by atoms with Crippen LogP contribution in [0, 0.1) is 6.92 Å². The third kappa shape index (κ3) is 3.47. The van der Waals surface area contributed by atoms with Gasteiger partial charge in [-0.3, -0.25) is 9.69 Å². The van der Waals surface area contributed by atoms with Gasteiger partial charge in [-0.05, 0) is 19.9 Å². The van der Waals surface area contributed by atoms with Crippen molar-refractivity contribution in [1.82, 2.24) is 29.9 Å². The number of aryl methyl sites for hydroxylation is 1. The number of aromatic nitrogens is 5. The minimum atomic E-state index is -1.15.